The molecule has 0 spiro atoms. The Bertz CT molecular complexity index is 466. The van der Waals surface area contributed by atoms with E-state index in [4.69, 9.17) is 0 Å². The molecule has 0 aliphatic heterocycles. The normalized spacial score (nSPS) is 9.94. The molecule has 2 aromatic rings. The molecule has 0 bridgehead atoms. The van der Waals surface area contributed by atoms with Gasteiger partial charge in [-0.05, 0) is 36.8 Å². The highest BCUT2D eigenvalue weighted by Gasteiger charge is 1.88. The van der Waals surface area contributed by atoms with Crippen LogP contribution in [0.3, 0.4) is 0 Å². The number of nitrogens with one attached hydrogen (secondary N) is 1. The fourth-order valence-corrected chi connectivity index (χ4v) is 1.26. The second kappa shape index (κ2) is 6.66. The highest BCUT2D eigenvalue weighted by molar-refractivity contribution is 5.85. The Hall–Kier alpha value is -1.87. The summed E-state index contributed by atoms with van der Waals surface area (Å²) < 4.78 is 0. The molecule has 0 amide bonds. The zero-order valence-electron chi connectivity index (χ0n) is 9.50. The van der Waals surface area contributed by atoms with Gasteiger partial charge in [0.05, 0.1) is 11.9 Å². The fourth-order valence-electron chi connectivity index (χ4n) is 1.26. The van der Waals surface area contributed by atoms with Crippen molar-refractivity contribution in [1.82, 2.24) is 4.98 Å². The van der Waals surface area contributed by atoms with Crippen molar-refractivity contribution in [1.29, 1.82) is 0 Å². The van der Waals surface area contributed by atoms with E-state index in [1.54, 1.807) is 18.6 Å². The SMILES string of the molecule is Cc1ccc(NN=Cc2ccncc2)cc1.Cl. The van der Waals surface area contributed by atoms with E-state index in [0.29, 0.717) is 0 Å². The van der Waals surface area contributed by atoms with E-state index in [9.17, 15) is 0 Å². The molecule has 0 aliphatic rings. The lowest BCUT2D eigenvalue weighted by Crippen LogP contribution is -1.90. The molecule has 3 nitrogen and oxygen atoms in total. The van der Waals surface area contributed by atoms with E-state index >= 15 is 0 Å². The summed E-state index contributed by atoms with van der Waals surface area (Å²) in [4.78, 5) is 3.94. The minimum absolute atomic E-state index is 0. The van der Waals surface area contributed by atoms with Gasteiger partial charge < -0.3 is 0 Å². The molecule has 4 heteroatoms. The van der Waals surface area contributed by atoms with Crippen molar-refractivity contribution in [3.05, 3.63) is 59.9 Å². The molecule has 88 valence electrons. The molecule has 17 heavy (non-hydrogen) atoms. The molecule has 1 N–H and O–H groups in total. The number of anilines is 1. The van der Waals surface area contributed by atoms with Gasteiger partial charge in [0.2, 0.25) is 0 Å². The molecule has 1 aromatic heterocycles. The molecule has 0 unspecified atom stereocenters. The van der Waals surface area contributed by atoms with Gasteiger partial charge >= 0.3 is 0 Å². The number of hydrogen-bond donors (Lipinski definition) is 1. The van der Waals surface area contributed by atoms with Crippen LogP contribution in [0.4, 0.5) is 5.69 Å². The molecule has 0 fully saturated rings. The second-order valence-electron chi connectivity index (χ2n) is 3.52. The second-order valence-corrected chi connectivity index (χ2v) is 3.52. The van der Waals surface area contributed by atoms with E-state index in [-0.39, 0.29) is 12.4 Å². The van der Waals surface area contributed by atoms with Crippen molar-refractivity contribution >= 4 is 24.3 Å². The molecular weight excluding hydrogens is 234 g/mol. The average Bonchev–Trinajstić information content (AvgIpc) is 2.33. The van der Waals surface area contributed by atoms with Crippen molar-refractivity contribution in [3.8, 4) is 0 Å². The van der Waals surface area contributed by atoms with Gasteiger partial charge in [0.1, 0.15) is 0 Å². The van der Waals surface area contributed by atoms with Crippen LogP contribution in [0.1, 0.15) is 11.1 Å². The number of benzene rings is 1. The first-order valence-corrected chi connectivity index (χ1v) is 5.10. The number of rotatable bonds is 3. The maximum absolute atomic E-state index is 4.14. The summed E-state index contributed by atoms with van der Waals surface area (Å²) in [7, 11) is 0. The topological polar surface area (TPSA) is 37.3 Å². The van der Waals surface area contributed by atoms with Gasteiger partial charge in [-0.3, -0.25) is 10.4 Å². The third-order valence-electron chi connectivity index (χ3n) is 2.16. The highest BCUT2D eigenvalue weighted by atomic mass is 35.5. The van der Waals surface area contributed by atoms with Crippen LogP contribution >= 0.6 is 12.4 Å². The summed E-state index contributed by atoms with van der Waals surface area (Å²) in [5.41, 5.74) is 6.21. The van der Waals surface area contributed by atoms with Crippen LogP contribution in [0.25, 0.3) is 0 Å². The first kappa shape index (κ1) is 13.2. The van der Waals surface area contributed by atoms with Crippen LogP contribution in [0.5, 0.6) is 0 Å². The minimum Gasteiger partial charge on any atom is -0.279 e. The summed E-state index contributed by atoms with van der Waals surface area (Å²) in [6.45, 7) is 2.06. The number of hydrazone groups is 1. The van der Waals surface area contributed by atoms with Crippen LogP contribution < -0.4 is 5.43 Å². The predicted octanol–water partition coefficient (Wildman–Crippen LogP) is 3.26. The van der Waals surface area contributed by atoms with Crippen molar-refractivity contribution in [3.63, 3.8) is 0 Å². The van der Waals surface area contributed by atoms with Crippen LogP contribution in [0.15, 0.2) is 53.9 Å². The van der Waals surface area contributed by atoms with Crippen molar-refractivity contribution in [2.24, 2.45) is 5.10 Å². The van der Waals surface area contributed by atoms with E-state index < -0.39 is 0 Å². The van der Waals surface area contributed by atoms with Gasteiger partial charge in [0.25, 0.3) is 0 Å². The van der Waals surface area contributed by atoms with Crippen LogP contribution in [0, 0.1) is 6.92 Å². The largest absolute Gasteiger partial charge is 0.279 e. The molecular formula is C13H14ClN3. The molecule has 0 saturated carbocycles. The lowest BCUT2D eigenvalue weighted by molar-refractivity contribution is 1.31. The zero-order chi connectivity index (χ0) is 11.2. The van der Waals surface area contributed by atoms with Gasteiger partial charge in [-0.25, -0.2) is 0 Å². The standard InChI is InChI=1S/C13H13N3.ClH/c1-11-2-4-13(5-3-11)16-15-10-12-6-8-14-9-7-12;/h2-10,16H,1H3;1H. The van der Waals surface area contributed by atoms with Crippen molar-refractivity contribution < 1.29 is 0 Å². The Labute approximate surface area is 107 Å². The van der Waals surface area contributed by atoms with E-state index in [0.717, 1.165) is 11.3 Å². The molecule has 0 aliphatic carbocycles. The van der Waals surface area contributed by atoms with Crippen molar-refractivity contribution in [2.75, 3.05) is 5.43 Å². The summed E-state index contributed by atoms with van der Waals surface area (Å²) >= 11 is 0. The molecule has 2 rings (SSSR count). The van der Waals surface area contributed by atoms with Crippen LogP contribution in [-0.2, 0) is 0 Å². The van der Waals surface area contributed by atoms with Crippen LogP contribution in [0.2, 0.25) is 0 Å². The number of hydrogen-bond acceptors (Lipinski definition) is 3. The predicted molar refractivity (Wildman–Crippen MR) is 73.9 cm³/mol. The van der Waals surface area contributed by atoms with Gasteiger partial charge in [-0.1, -0.05) is 17.7 Å². The molecule has 0 radical (unpaired) electrons. The monoisotopic (exact) mass is 247 g/mol. The molecule has 0 atom stereocenters. The zero-order valence-corrected chi connectivity index (χ0v) is 10.3. The maximum Gasteiger partial charge on any atom is 0.0561 e. The lowest BCUT2D eigenvalue weighted by atomic mass is 10.2. The van der Waals surface area contributed by atoms with Gasteiger partial charge in [0, 0.05) is 12.4 Å². The van der Waals surface area contributed by atoms with Gasteiger partial charge in [0.15, 0.2) is 0 Å². The summed E-state index contributed by atoms with van der Waals surface area (Å²) in [5.74, 6) is 0. The maximum atomic E-state index is 4.14. The Kier molecular flexibility index (Phi) is 5.17. The third kappa shape index (κ3) is 4.25. The number of aromatic nitrogens is 1. The summed E-state index contributed by atoms with van der Waals surface area (Å²) in [5, 5.41) is 4.14. The Balaban J connectivity index is 0.00000144. The fraction of sp³-hybridized carbons (Fsp3) is 0.0769. The number of pyridine rings is 1. The van der Waals surface area contributed by atoms with Gasteiger partial charge in [-0.2, -0.15) is 5.10 Å². The minimum atomic E-state index is 0. The van der Waals surface area contributed by atoms with E-state index in [1.807, 2.05) is 36.4 Å². The van der Waals surface area contributed by atoms with Crippen LogP contribution in [-0.4, -0.2) is 11.2 Å². The first-order valence-electron chi connectivity index (χ1n) is 5.10. The quantitative estimate of drug-likeness (QED) is 0.668. The first-order chi connectivity index (χ1) is 7.84. The molecule has 1 aromatic carbocycles. The molecule has 1 heterocycles. The van der Waals surface area contributed by atoms with E-state index in [1.165, 1.54) is 5.56 Å². The number of halogens is 1. The summed E-state index contributed by atoms with van der Waals surface area (Å²) in [6.07, 6.45) is 5.25. The van der Waals surface area contributed by atoms with Crippen molar-refractivity contribution in [2.45, 2.75) is 6.92 Å². The Morgan fingerprint density at radius 1 is 1.06 bits per heavy atom. The average molecular weight is 248 g/mol. The number of aryl methyl sites for hydroxylation is 1. The Morgan fingerprint density at radius 3 is 2.35 bits per heavy atom. The third-order valence-corrected chi connectivity index (χ3v) is 2.16. The summed E-state index contributed by atoms with van der Waals surface area (Å²) in [6, 6.07) is 11.9. The number of nitrogens with zero attached hydrogens (tertiary/aromatic N) is 2. The highest BCUT2D eigenvalue weighted by Crippen LogP contribution is 2.08. The smallest absolute Gasteiger partial charge is 0.0561 e. The molecule has 0 saturated heterocycles. The Morgan fingerprint density at radius 2 is 1.71 bits per heavy atom. The van der Waals surface area contributed by atoms with Gasteiger partial charge in [-0.15, -0.1) is 12.4 Å². The van der Waals surface area contributed by atoms with E-state index in [2.05, 4.69) is 22.4 Å². The lowest BCUT2D eigenvalue weighted by Gasteiger charge is -1.99.